The monoisotopic (exact) mass is 178 g/mol. The van der Waals surface area contributed by atoms with Crippen LogP contribution in [0.4, 0.5) is 0 Å². The van der Waals surface area contributed by atoms with E-state index in [9.17, 15) is 0 Å². The molecule has 6 heteroatoms. The molecule has 0 amide bonds. The number of rotatable bonds is 1. The zero-order valence-electron chi connectivity index (χ0n) is 7.76. The SMILES string of the molecule is Cc1c(-c2nnn(C)n2)cnn1C. The van der Waals surface area contributed by atoms with Crippen LogP contribution in [0.3, 0.4) is 0 Å². The normalized spacial score (nSPS) is 10.7. The third-order valence-corrected chi connectivity index (χ3v) is 1.98. The molecule has 2 rings (SSSR count). The Balaban J connectivity index is 2.52. The maximum atomic E-state index is 4.10. The van der Waals surface area contributed by atoms with Crippen LogP contribution >= 0.6 is 0 Å². The van der Waals surface area contributed by atoms with Crippen LogP contribution in [0, 0.1) is 6.92 Å². The van der Waals surface area contributed by atoms with Gasteiger partial charge in [-0.1, -0.05) is 0 Å². The summed E-state index contributed by atoms with van der Waals surface area (Å²) in [6.45, 7) is 1.97. The number of nitrogens with zero attached hydrogens (tertiary/aromatic N) is 6. The van der Waals surface area contributed by atoms with Crippen LogP contribution in [-0.2, 0) is 14.1 Å². The zero-order valence-corrected chi connectivity index (χ0v) is 7.76. The number of hydrogen-bond acceptors (Lipinski definition) is 4. The van der Waals surface area contributed by atoms with Crippen molar-refractivity contribution in [3.63, 3.8) is 0 Å². The van der Waals surface area contributed by atoms with Crippen LogP contribution in [0.25, 0.3) is 11.4 Å². The summed E-state index contributed by atoms with van der Waals surface area (Å²) >= 11 is 0. The summed E-state index contributed by atoms with van der Waals surface area (Å²) in [6.07, 6.45) is 1.74. The fourth-order valence-electron chi connectivity index (χ4n) is 1.11. The Morgan fingerprint density at radius 1 is 1.31 bits per heavy atom. The van der Waals surface area contributed by atoms with Gasteiger partial charge in [-0.15, -0.1) is 10.2 Å². The molecule has 0 aliphatic carbocycles. The highest BCUT2D eigenvalue weighted by Gasteiger charge is 2.10. The molecule has 2 heterocycles. The van der Waals surface area contributed by atoms with Crippen molar-refractivity contribution in [2.75, 3.05) is 0 Å². The summed E-state index contributed by atoms with van der Waals surface area (Å²) in [4.78, 5) is 1.43. The molecule has 0 saturated heterocycles. The number of aryl methyl sites for hydroxylation is 2. The van der Waals surface area contributed by atoms with Crippen molar-refractivity contribution in [2.45, 2.75) is 6.92 Å². The van der Waals surface area contributed by atoms with E-state index in [-0.39, 0.29) is 0 Å². The highest BCUT2D eigenvalue weighted by atomic mass is 15.6. The first kappa shape index (κ1) is 7.90. The van der Waals surface area contributed by atoms with Crippen LogP contribution in [0.2, 0.25) is 0 Å². The van der Waals surface area contributed by atoms with E-state index in [0.29, 0.717) is 5.82 Å². The molecule has 0 aliphatic heterocycles. The summed E-state index contributed by atoms with van der Waals surface area (Å²) in [7, 11) is 3.62. The minimum Gasteiger partial charge on any atom is -0.272 e. The Bertz CT molecular complexity index is 426. The fraction of sp³-hybridized carbons (Fsp3) is 0.429. The largest absolute Gasteiger partial charge is 0.272 e. The molecule has 0 aliphatic rings. The molecule has 0 bridgehead atoms. The highest BCUT2D eigenvalue weighted by molar-refractivity contribution is 5.55. The van der Waals surface area contributed by atoms with Crippen molar-refractivity contribution in [2.24, 2.45) is 14.1 Å². The lowest BCUT2D eigenvalue weighted by atomic mass is 10.2. The van der Waals surface area contributed by atoms with Gasteiger partial charge in [0, 0.05) is 12.7 Å². The number of aromatic nitrogens is 6. The molecule has 6 nitrogen and oxygen atoms in total. The summed E-state index contributed by atoms with van der Waals surface area (Å²) in [5.74, 6) is 0.619. The minimum atomic E-state index is 0.619. The van der Waals surface area contributed by atoms with E-state index in [1.807, 2.05) is 14.0 Å². The molecule has 0 unspecified atom stereocenters. The molecule has 0 saturated carbocycles. The zero-order chi connectivity index (χ0) is 9.42. The van der Waals surface area contributed by atoms with Crippen LogP contribution in [0.1, 0.15) is 5.69 Å². The van der Waals surface area contributed by atoms with Crippen LogP contribution in [-0.4, -0.2) is 30.0 Å². The van der Waals surface area contributed by atoms with Gasteiger partial charge in [0.15, 0.2) is 0 Å². The molecule has 0 spiro atoms. The maximum Gasteiger partial charge on any atom is 0.208 e. The van der Waals surface area contributed by atoms with Gasteiger partial charge in [0.1, 0.15) is 0 Å². The van der Waals surface area contributed by atoms with Gasteiger partial charge in [0.25, 0.3) is 0 Å². The van der Waals surface area contributed by atoms with Gasteiger partial charge < -0.3 is 0 Å². The molecule has 0 atom stereocenters. The predicted octanol–water partition coefficient (Wildman–Crippen LogP) is -0.0810. The first-order valence-electron chi connectivity index (χ1n) is 3.91. The second kappa shape index (κ2) is 2.65. The minimum absolute atomic E-state index is 0.619. The Labute approximate surface area is 75.2 Å². The standard InChI is InChI=1S/C7H10N6/c1-5-6(4-8-12(5)2)7-9-11-13(3)10-7/h4H,1-3H3. The van der Waals surface area contributed by atoms with E-state index in [1.165, 1.54) is 4.80 Å². The Morgan fingerprint density at radius 3 is 2.54 bits per heavy atom. The van der Waals surface area contributed by atoms with Crippen molar-refractivity contribution in [3.05, 3.63) is 11.9 Å². The van der Waals surface area contributed by atoms with E-state index >= 15 is 0 Å². The van der Waals surface area contributed by atoms with Gasteiger partial charge in [-0.2, -0.15) is 9.90 Å². The lowest BCUT2D eigenvalue weighted by Crippen LogP contribution is -1.94. The molecule has 2 aromatic heterocycles. The van der Waals surface area contributed by atoms with Gasteiger partial charge in [0.2, 0.25) is 5.82 Å². The van der Waals surface area contributed by atoms with Gasteiger partial charge >= 0.3 is 0 Å². The van der Waals surface area contributed by atoms with E-state index in [1.54, 1.807) is 17.9 Å². The predicted molar refractivity (Wildman–Crippen MR) is 45.7 cm³/mol. The third kappa shape index (κ3) is 1.20. The van der Waals surface area contributed by atoms with E-state index in [0.717, 1.165) is 11.3 Å². The van der Waals surface area contributed by atoms with Crippen molar-refractivity contribution < 1.29 is 0 Å². The molecular weight excluding hydrogens is 168 g/mol. The van der Waals surface area contributed by atoms with Gasteiger partial charge in [0.05, 0.1) is 18.8 Å². The lowest BCUT2D eigenvalue weighted by Gasteiger charge is -1.93. The van der Waals surface area contributed by atoms with Gasteiger partial charge in [-0.3, -0.25) is 4.68 Å². The van der Waals surface area contributed by atoms with Crippen molar-refractivity contribution in [1.29, 1.82) is 0 Å². The molecule has 0 fully saturated rings. The quantitative estimate of drug-likeness (QED) is 0.612. The summed E-state index contributed by atoms with van der Waals surface area (Å²) < 4.78 is 1.78. The van der Waals surface area contributed by atoms with Gasteiger partial charge in [-0.05, 0) is 12.1 Å². The smallest absolute Gasteiger partial charge is 0.208 e. The van der Waals surface area contributed by atoms with Crippen LogP contribution < -0.4 is 0 Å². The Kier molecular flexibility index (Phi) is 1.61. The summed E-state index contributed by atoms with van der Waals surface area (Å²) in [5, 5.41) is 15.9. The average Bonchev–Trinajstić information content (AvgIpc) is 2.62. The van der Waals surface area contributed by atoms with Crippen LogP contribution in [0.5, 0.6) is 0 Å². The topological polar surface area (TPSA) is 61.4 Å². The number of hydrogen-bond donors (Lipinski definition) is 0. The Morgan fingerprint density at radius 2 is 2.08 bits per heavy atom. The van der Waals surface area contributed by atoms with Crippen molar-refractivity contribution >= 4 is 0 Å². The van der Waals surface area contributed by atoms with Crippen molar-refractivity contribution in [3.8, 4) is 11.4 Å². The highest BCUT2D eigenvalue weighted by Crippen LogP contribution is 2.16. The second-order valence-electron chi connectivity index (χ2n) is 2.87. The molecule has 0 radical (unpaired) electrons. The number of tetrazole rings is 1. The molecule has 0 N–H and O–H groups in total. The molecule has 13 heavy (non-hydrogen) atoms. The fourth-order valence-corrected chi connectivity index (χ4v) is 1.11. The van der Waals surface area contributed by atoms with E-state index < -0.39 is 0 Å². The maximum absolute atomic E-state index is 4.10. The first-order valence-corrected chi connectivity index (χ1v) is 3.91. The molecule has 68 valence electrons. The van der Waals surface area contributed by atoms with E-state index in [2.05, 4.69) is 20.5 Å². The lowest BCUT2D eigenvalue weighted by molar-refractivity contribution is 0.630. The summed E-state index contributed by atoms with van der Waals surface area (Å²) in [5.41, 5.74) is 1.96. The third-order valence-electron chi connectivity index (χ3n) is 1.98. The molecular formula is C7H10N6. The Hall–Kier alpha value is -1.72. The van der Waals surface area contributed by atoms with Crippen molar-refractivity contribution in [1.82, 2.24) is 30.0 Å². The van der Waals surface area contributed by atoms with E-state index in [4.69, 9.17) is 0 Å². The molecule has 0 aromatic carbocycles. The van der Waals surface area contributed by atoms with Crippen LogP contribution in [0.15, 0.2) is 6.20 Å². The first-order chi connectivity index (χ1) is 6.18. The average molecular weight is 178 g/mol. The molecule has 2 aromatic rings. The summed E-state index contributed by atoms with van der Waals surface area (Å²) in [6, 6.07) is 0. The van der Waals surface area contributed by atoms with Gasteiger partial charge in [-0.25, -0.2) is 0 Å². The second-order valence-corrected chi connectivity index (χ2v) is 2.87.